The normalized spacial score (nSPS) is 12.6. The van der Waals surface area contributed by atoms with Gasteiger partial charge in [-0.25, -0.2) is 4.98 Å². The van der Waals surface area contributed by atoms with Gasteiger partial charge < -0.3 is 9.30 Å². The molecule has 0 aliphatic carbocycles. The summed E-state index contributed by atoms with van der Waals surface area (Å²) < 4.78 is 7.48. The Hall–Kier alpha value is -1.61. The first-order valence-corrected chi connectivity index (χ1v) is 4.93. The molecule has 3 nitrogen and oxygen atoms in total. The van der Waals surface area contributed by atoms with Gasteiger partial charge in [0.15, 0.2) is 0 Å². The molecule has 2 aromatic rings. The molecule has 0 fully saturated rings. The molecule has 0 spiro atoms. The molecule has 0 saturated heterocycles. The molecule has 0 aliphatic heterocycles. The number of benzene rings is 1. The molecule has 0 N–H and O–H groups in total. The highest BCUT2D eigenvalue weighted by molar-refractivity contribution is 5.17. The van der Waals surface area contributed by atoms with Crippen molar-refractivity contribution < 1.29 is 4.74 Å². The van der Waals surface area contributed by atoms with Crippen LogP contribution in [-0.2, 0) is 11.3 Å². The Labute approximate surface area is 89.3 Å². The van der Waals surface area contributed by atoms with Gasteiger partial charge in [0.1, 0.15) is 0 Å². The largest absolute Gasteiger partial charge is 0.375 e. The van der Waals surface area contributed by atoms with Crippen LogP contribution in [0.3, 0.4) is 0 Å². The Bertz CT molecular complexity index is 383. The fourth-order valence-electron chi connectivity index (χ4n) is 1.57. The van der Waals surface area contributed by atoms with Crippen molar-refractivity contribution in [2.24, 2.45) is 0 Å². The molecule has 1 unspecified atom stereocenters. The number of hydrogen-bond donors (Lipinski definition) is 0. The number of nitrogens with zero attached hydrogens (tertiary/aromatic N) is 2. The van der Waals surface area contributed by atoms with Crippen LogP contribution < -0.4 is 0 Å². The maximum atomic E-state index is 5.46. The zero-order valence-corrected chi connectivity index (χ0v) is 8.71. The van der Waals surface area contributed by atoms with Crippen molar-refractivity contribution in [1.82, 2.24) is 9.55 Å². The van der Waals surface area contributed by atoms with E-state index in [0.29, 0.717) is 0 Å². The van der Waals surface area contributed by atoms with Crippen molar-refractivity contribution >= 4 is 0 Å². The Morgan fingerprint density at radius 2 is 2.13 bits per heavy atom. The number of aromatic nitrogens is 2. The fraction of sp³-hybridized carbons (Fsp3) is 0.250. The molecule has 0 bridgehead atoms. The second kappa shape index (κ2) is 4.75. The third-order valence-electron chi connectivity index (χ3n) is 2.39. The van der Waals surface area contributed by atoms with Crippen LogP contribution >= 0.6 is 0 Å². The minimum Gasteiger partial charge on any atom is -0.375 e. The summed E-state index contributed by atoms with van der Waals surface area (Å²) in [6, 6.07) is 10.2. The molecule has 15 heavy (non-hydrogen) atoms. The molecule has 1 aromatic heterocycles. The fourth-order valence-corrected chi connectivity index (χ4v) is 1.57. The molecule has 1 aromatic carbocycles. The number of rotatable bonds is 4. The summed E-state index contributed by atoms with van der Waals surface area (Å²) in [5.74, 6) is 0. The van der Waals surface area contributed by atoms with Crippen LogP contribution in [0.1, 0.15) is 11.7 Å². The van der Waals surface area contributed by atoms with E-state index in [1.54, 1.807) is 19.6 Å². The first-order valence-electron chi connectivity index (χ1n) is 4.93. The van der Waals surface area contributed by atoms with Crippen LogP contribution in [0, 0.1) is 0 Å². The quantitative estimate of drug-likeness (QED) is 0.760. The van der Waals surface area contributed by atoms with Crippen LogP contribution in [0.15, 0.2) is 49.1 Å². The second-order valence-corrected chi connectivity index (χ2v) is 3.39. The van der Waals surface area contributed by atoms with Crippen LogP contribution in [0.5, 0.6) is 0 Å². The predicted octanol–water partition coefficient (Wildman–Crippen LogP) is 2.27. The molecule has 78 valence electrons. The summed E-state index contributed by atoms with van der Waals surface area (Å²) in [5.41, 5.74) is 1.19. The summed E-state index contributed by atoms with van der Waals surface area (Å²) in [7, 11) is 1.73. The van der Waals surface area contributed by atoms with Crippen molar-refractivity contribution in [2.45, 2.75) is 12.6 Å². The van der Waals surface area contributed by atoms with Crippen LogP contribution in [0.2, 0.25) is 0 Å². The van der Waals surface area contributed by atoms with E-state index in [9.17, 15) is 0 Å². The average molecular weight is 202 g/mol. The van der Waals surface area contributed by atoms with E-state index < -0.39 is 0 Å². The van der Waals surface area contributed by atoms with Gasteiger partial charge in [0.25, 0.3) is 0 Å². The predicted molar refractivity (Wildman–Crippen MR) is 58.4 cm³/mol. The summed E-state index contributed by atoms with van der Waals surface area (Å²) in [4.78, 5) is 4.01. The molecule has 1 atom stereocenters. The Morgan fingerprint density at radius 3 is 2.73 bits per heavy atom. The smallest absolute Gasteiger partial charge is 0.1000 e. The lowest BCUT2D eigenvalue weighted by molar-refractivity contribution is 0.0878. The molecule has 3 heteroatoms. The third kappa shape index (κ3) is 2.44. The zero-order valence-electron chi connectivity index (χ0n) is 8.71. The highest BCUT2D eigenvalue weighted by Crippen LogP contribution is 2.17. The van der Waals surface area contributed by atoms with Crippen LogP contribution in [-0.4, -0.2) is 16.7 Å². The summed E-state index contributed by atoms with van der Waals surface area (Å²) in [6.07, 6.45) is 5.60. The first kappa shape index (κ1) is 9.93. The standard InChI is InChI=1S/C12H14N2O/c1-15-12(9-14-8-7-13-10-14)11-5-3-2-4-6-11/h2-8,10,12H,9H2,1H3. The highest BCUT2D eigenvalue weighted by atomic mass is 16.5. The number of hydrogen-bond acceptors (Lipinski definition) is 2. The second-order valence-electron chi connectivity index (χ2n) is 3.39. The van der Waals surface area contributed by atoms with Crippen LogP contribution in [0.25, 0.3) is 0 Å². The number of methoxy groups -OCH3 is 1. The maximum Gasteiger partial charge on any atom is 0.1000 e. The molecule has 0 amide bonds. The van der Waals surface area contributed by atoms with Gasteiger partial charge in [-0.05, 0) is 5.56 Å². The lowest BCUT2D eigenvalue weighted by Crippen LogP contribution is -2.09. The molecule has 1 heterocycles. The molecular weight excluding hydrogens is 188 g/mol. The van der Waals surface area contributed by atoms with Crippen molar-refractivity contribution in [2.75, 3.05) is 7.11 Å². The molecule has 0 aliphatic rings. The average Bonchev–Trinajstić information content (AvgIpc) is 2.80. The van der Waals surface area contributed by atoms with Gasteiger partial charge in [0, 0.05) is 19.5 Å². The van der Waals surface area contributed by atoms with Gasteiger partial charge in [-0.1, -0.05) is 30.3 Å². The number of ether oxygens (including phenoxy) is 1. The molecule has 0 saturated carbocycles. The van der Waals surface area contributed by atoms with E-state index in [2.05, 4.69) is 17.1 Å². The van der Waals surface area contributed by atoms with Crippen LogP contribution in [0.4, 0.5) is 0 Å². The molecule has 2 rings (SSSR count). The monoisotopic (exact) mass is 202 g/mol. The zero-order chi connectivity index (χ0) is 10.5. The molecule has 0 radical (unpaired) electrons. The van der Waals surface area contributed by atoms with Crippen molar-refractivity contribution in [3.63, 3.8) is 0 Å². The van der Waals surface area contributed by atoms with Gasteiger partial charge in [-0.15, -0.1) is 0 Å². The van der Waals surface area contributed by atoms with E-state index in [0.717, 1.165) is 6.54 Å². The third-order valence-corrected chi connectivity index (χ3v) is 2.39. The number of imidazole rings is 1. The lowest BCUT2D eigenvalue weighted by atomic mass is 10.1. The summed E-state index contributed by atoms with van der Waals surface area (Å²) in [5, 5.41) is 0. The van der Waals surface area contributed by atoms with Gasteiger partial charge >= 0.3 is 0 Å². The van der Waals surface area contributed by atoms with Crippen molar-refractivity contribution in [3.8, 4) is 0 Å². The first-order chi connectivity index (χ1) is 7.40. The van der Waals surface area contributed by atoms with E-state index in [-0.39, 0.29) is 6.10 Å². The van der Waals surface area contributed by atoms with E-state index in [1.807, 2.05) is 29.0 Å². The van der Waals surface area contributed by atoms with Gasteiger partial charge in [-0.2, -0.15) is 0 Å². The maximum absolute atomic E-state index is 5.46. The van der Waals surface area contributed by atoms with Crippen molar-refractivity contribution in [1.29, 1.82) is 0 Å². The minimum atomic E-state index is 0.0837. The van der Waals surface area contributed by atoms with Crippen molar-refractivity contribution in [3.05, 3.63) is 54.6 Å². The highest BCUT2D eigenvalue weighted by Gasteiger charge is 2.09. The van der Waals surface area contributed by atoms with E-state index in [1.165, 1.54) is 5.56 Å². The summed E-state index contributed by atoms with van der Waals surface area (Å²) >= 11 is 0. The van der Waals surface area contributed by atoms with E-state index in [4.69, 9.17) is 4.74 Å². The SMILES string of the molecule is COC(Cn1ccnc1)c1ccccc1. The lowest BCUT2D eigenvalue weighted by Gasteiger charge is -2.15. The topological polar surface area (TPSA) is 27.1 Å². The Morgan fingerprint density at radius 1 is 1.33 bits per heavy atom. The van der Waals surface area contributed by atoms with Gasteiger partial charge in [-0.3, -0.25) is 0 Å². The Balaban J connectivity index is 2.12. The van der Waals surface area contributed by atoms with Gasteiger partial charge in [0.05, 0.1) is 19.0 Å². The molecular formula is C12H14N2O. The minimum absolute atomic E-state index is 0.0837. The summed E-state index contributed by atoms with van der Waals surface area (Å²) in [6.45, 7) is 0.792. The van der Waals surface area contributed by atoms with E-state index >= 15 is 0 Å². The Kier molecular flexibility index (Phi) is 3.15. The van der Waals surface area contributed by atoms with Gasteiger partial charge in [0.2, 0.25) is 0 Å².